The van der Waals surface area contributed by atoms with E-state index in [0.717, 1.165) is 24.1 Å². The second-order valence-electron chi connectivity index (χ2n) is 4.77. The lowest BCUT2D eigenvalue weighted by Gasteiger charge is -2.28. The van der Waals surface area contributed by atoms with Crippen LogP contribution in [0.1, 0.15) is 44.4 Å². The molecular formula is C16H26FNO2. The first-order valence-corrected chi connectivity index (χ1v) is 7.36. The lowest BCUT2D eigenvalue weighted by atomic mass is 10.0. The molecule has 1 rings (SSSR count). The zero-order chi connectivity index (χ0) is 15.0. The van der Waals surface area contributed by atoms with Crippen molar-refractivity contribution >= 4 is 0 Å². The van der Waals surface area contributed by atoms with E-state index in [4.69, 9.17) is 9.47 Å². The summed E-state index contributed by atoms with van der Waals surface area (Å²) in [5.74, 6) is -0.227. The molecular weight excluding hydrogens is 257 g/mol. The Kier molecular flexibility index (Phi) is 7.73. The maximum atomic E-state index is 13.6. The Hall–Kier alpha value is -0.970. The fourth-order valence-corrected chi connectivity index (χ4v) is 2.18. The van der Waals surface area contributed by atoms with Gasteiger partial charge in [0.15, 0.2) is 6.29 Å². The monoisotopic (exact) mass is 283 g/mol. The van der Waals surface area contributed by atoms with Crippen LogP contribution in [0.5, 0.6) is 0 Å². The largest absolute Gasteiger partial charge is 0.351 e. The van der Waals surface area contributed by atoms with Gasteiger partial charge < -0.3 is 14.8 Å². The van der Waals surface area contributed by atoms with Gasteiger partial charge in [0.1, 0.15) is 5.82 Å². The van der Waals surface area contributed by atoms with Gasteiger partial charge >= 0.3 is 0 Å². The fraction of sp³-hybridized carbons (Fsp3) is 0.625. The molecule has 1 unspecified atom stereocenters. The molecule has 0 aliphatic rings. The van der Waals surface area contributed by atoms with E-state index in [-0.39, 0.29) is 11.9 Å². The van der Waals surface area contributed by atoms with Crippen LogP contribution in [0.2, 0.25) is 0 Å². The van der Waals surface area contributed by atoms with Crippen molar-refractivity contribution in [2.24, 2.45) is 0 Å². The number of nitrogens with one attached hydrogen (secondary N) is 1. The molecule has 0 saturated heterocycles. The highest BCUT2D eigenvalue weighted by Crippen LogP contribution is 2.23. The van der Waals surface area contributed by atoms with Crippen LogP contribution >= 0.6 is 0 Å². The number of hydrogen-bond acceptors (Lipinski definition) is 3. The van der Waals surface area contributed by atoms with E-state index in [2.05, 4.69) is 12.2 Å². The number of halogens is 1. The molecule has 3 nitrogen and oxygen atoms in total. The molecule has 0 saturated carbocycles. The Bertz CT molecular complexity index is 372. The van der Waals surface area contributed by atoms with Gasteiger partial charge in [-0.2, -0.15) is 0 Å². The predicted molar refractivity (Wildman–Crippen MR) is 79.2 cm³/mol. The van der Waals surface area contributed by atoms with Gasteiger partial charge in [0, 0.05) is 13.2 Å². The van der Waals surface area contributed by atoms with Gasteiger partial charge in [-0.3, -0.25) is 0 Å². The molecule has 0 spiro atoms. The van der Waals surface area contributed by atoms with Crippen LogP contribution in [0.3, 0.4) is 0 Å². The predicted octanol–water partition coefficient (Wildman–Crippen LogP) is 3.57. The van der Waals surface area contributed by atoms with Gasteiger partial charge in [-0.1, -0.05) is 13.0 Å². The van der Waals surface area contributed by atoms with Gasteiger partial charge in [-0.25, -0.2) is 4.39 Å². The SMILES string of the molecule is CCCNC(c1cc(C)cc(F)c1)C(OCC)OCC. The number of hydrogen-bond donors (Lipinski definition) is 1. The molecule has 0 heterocycles. The fourth-order valence-electron chi connectivity index (χ4n) is 2.18. The average molecular weight is 283 g/mol. The van der Waals surface area contributed by atoms with Crippen molar-refractivity contribution in [3.05, 3.63) is 35.1 Å². The molecule has 4 heteroatoms. The molecule has 20 heavy (non-hydrogen) atoms. The van der Waals surface area contributed by atoms with Crippen molar-refractivity contribution in [2.75, 3.05) is 19.8 Å². The third-order valence-corrected chi connectivity index (χ3v) is 2.97. The summed E-state index contributed by atoms with van der Waals surface area (Å²) in [5, 5.41) is 3.39. The van der Waals surface area contributed by atoms with Crippen LogP contribution in [0.15, 0.2) is 18.2 Å². The quantitative estimate of drug-likeness (QED) is 0.703. The molecule has 0 amide bonds. The van der Waals surface area contributed by atoms with E-state index in [1.54, 1.807) is 6.07 Å². The first-order valence-electron chi connectivity index (χ1n) is 7.36. The average Bonchev–Trinajstić information content (AvgIpc) is 2.38. The van der Waals surface area contributed by atoms with E-state index < -0.39 is 6.29 Å². The van der Waals surface area contributed by atoms with Gasteiger partial charge in [-0.05, 0) is 57.0 Å². The topological polar surface area (TPSA) is 30.5 Å². The van der Waals surface area contributed by atoms with Crippen molar-refractivity contribution in [2.45, 2.75) is 46.4 Å². The second kappa shape index (κ2) is 9.06. The summed E-state index contributed by atoms with van der Waals surface area (Å²) in [4.78, 5) is 0. The van der Waals surface area contributed by atoms with E-state index in [1.807, 2.05) is 26.8 Å². The molecule has 1 N–H and O–H groups in total. The lowest BCUT2D eigenvalue weighted by molar-refractivity contribution is -0.155. The highest BCUT2D eigenvalue weighted by Gasteiger charge is 2.24. The zero-order valence-corrected chi connectivity index (χ0v) is 12.9. The standard InChI is InChI=1S/C16H26FNO2/c1-5-8-18-15(16(19-6-2)20-7-3)13-9-12(4)10-14(17)11-13/h9-11,15-16,18H,5-8H2,1-4H3. The van der Waals surface area contributed by atoms with E-state index in [0.29, 0.717) is 13.2 Å². The summed E-state index contributed by atoms with van der Waals surface area (Å²) in [7, 11) is 0. The molecule has 1 aromatic rings. The van der Waals surface area contributed by atoms with Crippen molar-refractivity contribution in [1.82, 2.24) is 5.32 Å². The van der Waals surface area contributed by atoms with Gasteiger partial charge in [0.05, 0.1) is 6.04 Å². The minimum Gasteiger partial charge on any atom is -0.351 e. The summed E-state index contributed by atoms with van der Waals surface area (Å²) < 4.78 is 25.0. The van der Waals surface area contributed by atoms with Crippen molar-refractivity contribution in [3.8, 4) is 0 Å². The van der Waals surface area contributed by atoms with E-state index in [9.17, 15) is 4.39 Å². The van der Waals surface area contributed by atoms with Crippen LogP contribution in [0.4, 0.5) is 4.39 Å². The number of ether oxygens (including phenoxy) is 2. The molecule has 0 aliphatic heterocycles. The zero-order valence-electron chi connectivity index (χ0n) is 12.9. The third kappa shape index (κ3) is 5.19. The van der Waals surface area contributed by atoms with E-state index in [1.165, 1.54) is 6.07 Å². The van der Waals surface area contributed by atoms with Crippen LogP contribution in [-0.2, 0) is 9.47 Å². The summed E-state index contributed by atoms with van der Waals surface area (Å²) in [6.07, 6.45) is 0.591. The molecule has 0 aliphatic carbocycles. The Morgan fingerprint density at radius 2 is 1.75 bits per heavy atom. The van der Waals surface area contributed by atoms with Gasteiger partial charge in [0.2, 0.25) is 0 Å². The first-order chi connectivity index (χ1) is 9.62. The minimum absolute atomic E-state index is 0.163. The molecule has 0 bridgehead atoms. The van der Waals surface area contributed by atoms with E-state index >= 15 is 0 Å². The minimum atomic E-state index is -0.405. The molecule has 0 fully saturated rings. The molecule has 1 atom stereocenters. The summed E-state index contributed by atoms with van der Waals surface area (Å²) in [5.41, 5.74) is 1.76. The Labute approximate surface area is 121 Å². The highest BCUT2D eigenvalue weighted by molar-refractivity contribution is 5.26. The maximum absolute atomic E-state index is 13.6. The van der Waals surface area contributed by atoms with Crippen LogP contribution in [-0.4, -0.2) is 26.0 Å². The van der Waals surface area contributed by atoms with Gasteiger partial charge in [-0.15, -0.1) is 0 Å². The smallest absolute Gasteiger partial charge is 0.176 e. The van der Waals surface area contributed by atoms with Crippen molar-refractivity contribution < 1.29 is 13.9 Å². The van der Waals surface area contributed by atoms with Crippen molar-refractivity contribution in [1.29, 1.82) is 0 Å². The molecule has 114 valence electrons. The highest BCUT2D eigenvalue weighted by atomic mass is 19.1. The summed E-state index contributed by atoms with van der Waals surface area (Å²) in [6, 6.07) is 4.88. The summed E-state index contributed by atoms with van der Waals surface area (Å²) >= 11 is 0. The molecule has 1 aromatic carbocycles. The third-order valence-electron chi connectivity index (χ3n) is 2.97. The van der Waals surface area contributed by atoms with Crippen LogP contribution < -0.4 is 5.32 Å². The number of aryl methyl sites for hydroxylation is 1. The number of rotatable bonds is 9. The lowest BCUT2D eigenvalue weighted by Crippen LogP contribution is -2.36. The van der Waals surface area contributed by atoms with Crippen LogP contribution in [0, 0.1) is 12.7 Å². The van der Waals surface area contributed by atoms with Crippen LogP contribution in [0.25, 0.3) is 0 Å². The molecule has 0 aromatic heterocycles. The Morgan fingerprint density at radius 3 is 2.25 bits per heavy atom. The first kappa shape index (κ1) is 17.1. The normalized spacial score (nSPS) is 12.9. The van der Waals surface area contributed by atoms with Crippen molar-refractivity contribution in [3.63, 3.8) is 0 Å². The maximum Gasteiger partial charge on any atom is 0.176 e. The molecule has 0 radical (unpaired) electrons. The Morgan fingerprint density at radius 1 is 1.10 bits per heavy atom. The summed E-state index contributed by atoms with van der Waals surface area (Å²) in [6.45, 7) is 9.79. The second-order valence-corrected chi connectivity index (χ2v) is 4.77. The number of benzene rings is 1. The Balaban J connectivity index is 3.01. The van der Waals surface area contributed by atoms with Gasteiger partial charge in [0.25, 0.3) is 0 Å².